The minimum atomic E-state index is -3.78. The second-order valence-electron chi connectivity index (χ2n) is 5.43. The summed E-state index contributed by atoms with van der Waals surface area (Å²) in [6.07, 6.45) is 1.36. The number of carbonyl (C=O) groups excluding carboxylic acids is 1. The summed E-state index contributed by atoms with van der Waals surface area (Å²) >= 11 is 0. The van der Waals surface area contributed by atoms with E-state index in [-0.39, 0.29) is 10.7 Å². The Balaban J connectivity index is 1.95. The number of benzene rings is 2. The third-order valence-corrected chi connectivity index (χ3v) is 5.16. The Morgan fingerprint density at radius 2 is 1.62 bits per heavy atom. The zero-order chi connectivity index (χ0) is 17.3. The molecule has 0 spiro atoms. The van der Waals surface area contributed by atoms with Gasteiger partial charge >= 0.3 is 0 Å². The van der Waals surface area contributed by atoms with Crippen molar-refractivity contribution in [1.29, 1.82) is 0 Å². The lowest BCUT2D eigenvalue weighted by Crippen LogP contribution is -2.13. The fourth-order valence-corrected chi connectivity index (χ4v) is 3.26. The van der Waals surface area contributed by atoms with E-state index in [1.807, 2.05) is 6.92 Å². The molecule has 1 heterocycles. The van der Waals surface area contributed by atoms with E-state index in [1.54, 1.807) is 36.4 Å². The van der Waals surface area contributed by atoms with E-state index < -0.39 is 10.0 Å². The van der Waals surface area contributed by atoms with Crippen molar-refractivity contribution in [3.05, 3.63) is 65.9 Å². The highest BCUT2D eigenvalue weighted by atomic mass is 32.2. The van der Waals surface area contributed by atoms with Crippen molar-refractivity contribution in [1.82, 2.24) is 14.4 Å². The molecule has 24 heavy (non-hydrogen) atoms. The van der Waals surface area contributed by atoms with Gasteiger partial charge in [-0.25, -0.2) is 0 Å². The molecule has 0 aliphatic rings. The van der Waals surface area contributed by atoms with Gasteiger partial charge in [0.1, 0.15) is 5.69 Å². The van der Waals surface area contributed by atoms with Crippen molar-refractivity contribution in [3.8, 4) is 11.3 Å². The molecule has 0 N–H and O–H groups in total. The molecular formula is C17H15N3O3S. The Morgan fingerprint density at radius 1 is 1.00 bits per heavy atom. The van der Waals surface area contributed by atoms with Gasteiger partial charge in [0.05, 0.1) is 11.1 Å². The summed E-state index contributed by atoms with van der Waals surface area (Å²) in [5, 5.41) is 7.65. The fourth-order valence-electron chi connectivity index (χ4n) is 2.19. The number of Topliss-reactive ketones (excluding diaryl/α,β-unsaturated/α-hetero) is 1. The average Bonchev–Trinajstić information content (AvgIpc) is 3.06. The average molecular weight is 341 g/mol. The SMILES string of the molecule is CC(=O)c1ccc(-c2cn(S(=O)(=O)c3ccc(C)cc3)nn2)cc1. The Hall–Kier alpha value is -2.80. The number of carbonyl (C=O) groups is 1. The Labute approximate surface area is 139 Å². The lowest BCUT2D eigenvalue weighted by molar-refractivity contribution is 0.101. The largest absolute Gasteiger partial charge is 0.295 e. The van der Waals surface area contributed by atoms with Crippen LogP contribution in [0, 0.1) is 6.92 Å². The van der Waals surface area contributed by atoms with Crippen LogP contribution in [0.1, 0.15) is 22.8 Å². The number of hydrogen-bond donors (Lipinski definition) is 0. The van der Waals surface area contributed by atoms with Crippen LogP contribution in [0.25, 0.3) is 11.3 Å². The second kappa shape index (κ2) is 6.01. The number of rotatable bonds is 4. The van der Waals surface area contributed by atoms with Crippen LogP contribution in [-0.4, -0.2) is 28.6 Å². The van der Waals surface area contributed by atoms with Crippen molar-refractivity contribution < 1.29 is 13.2 Å². The van der Waals surface area contributed by atoms with Crippen LogP contribution >= 0.6 is 0 Å². The van der Waals surface area contributed by atoms with E-state index in [9.17, 15) is 13.2 Å². The van der Waals surface area contributed by atoms with E-state index >= 15 is 0 Å². The molecule has 2 aromatic carbocycles. The number of aryl methyl sites for hydroxylation is 1. The molecule has 3 aromatic rings. The van der Waals surface area contributed by atoms with Crippen molar-refractivity contribution >= 4 is 15.8 Å². The number of nitrogens with zero attached hydrogens (tertiary/aromatic N) is 3. The van der Waals surface area contributed by atoms with Crippen LogP contribution in [0.3, 0.4) is 0 Å². The highest BCUT2D eigenvalue weighted by Gasteiger charge is 2.19. The maximum absolute atomic E-state index is 12.5. The van der Waals surface area contributed by atoms with Gasteiger partial charge in [-0.1, -0.05) is 47.2 Å². The molecule has 3 rings (SSSR count). The molecule has 122 valence electrons. The standard InChI is InChI=1S/C17H15N3O3S/c1-12-3-9-16(10-4-12)24(22,23)20-11-17(18-19-20)15-7-5-14(6-8-15)13(2)21/h3-11H,1-2H3. The van der Waals surface area contributed by atoms with Crippen molar-refractivity contribution in [2.75, 3.05) is 0 Å². The fraction of sp³-hybridized carbons (Fsp3) is 0.118. The zero-order valence-electron chi connectivity index (χ0n) is 13.2. The third-order valence-electron chi connectivity index (χ3n) is 3.63. The predicted molar refractivity (Wildman–Crippen MR) is 89.2 cm³/mol. The summed E-state index contributed by atoms with van der Waals surface area (Å²) in [7, 11) is -3.78. The molecule has 0 radical (unpaired) electrons. The highest BCUT2D eigenvalue weighted by molar-refractivity contribution is 7.89. The summed E-state index contributed by atoms with van der Waals surface area (Å²) in [6.45, 7) is 3.37. The molecule has 0 aliphatic heterocycles. The number of ketones is 1. The number of hydrogen-bond acceptors (Lipinski definition) is 5. The van der Waals surface area contributed by atoms with E-state index in [0.29, 0.717) is 16.8 Å². The van der Waals surface area contributed by atoms with Crippen LogP contribution < -0.4 is 0 Å². The molecule has 0 saturated carbocycles. The quantitative estimate of drug-likeness (QED) is 0.682. The van der Waals surface area contributed by atoms with Crippen molar-refractivity contribution in [3.63, 3.8) is 0 Å². The molecule has 1 aromatic heterocycles. The third kappa shape index (κ3) is 2.98. The lowest BCUT2D eigenvalue weighted by atomic mass is 10.1. The van der Waals surface area contributed by atoms with E-state index in [2.05, 4.69) is 10.3 Å². The Morgan fingerprint density at radius 3 is 2.21 bits per heavy atom. The molecule has 7 heteroatoms. The second-order valence-corrected chi connectivity index (χ2v) is 7.22. The van der Waals surface area contributed by atoms with Crippen LogP contribution in [-0.2, 0) is 10.0 Å². The zero-order valence-corrected chi connectivity index (χ0v) is 14.0. The van der Waals surface area contributed by atoms with Crippen LogP contribution in [0.15, 0.2) is 59.6 Å². The molecule has 0 amide bonds. The van der Waals surface area contributed by atoms with Gasteiger partial charge in [0.2, 0.25) is 0 Å². The first-order chi connectivity index (χ1) is 11.4. The predicted octanol–water partition coefficient (Wildman–Crippen LogP) is 2.69. The molecule has 0 bridgehead atoms. The monoisotopic (exact) mass is 341 g/mol. The first-order valence-electron chi connectivity index (χ1n) is 7.24. The van der Waals surface area contributed by atoms with Crippen LogP contribution in [0.2, 0.25) is 0 Å². The van der Waals surface area contributed by atoms with Crippen LogP contribution in [0.5, 0.6) is 0 Å². The highest BCUT2D eigenvalue weighted by Crippen LogP contribution is 2.20. The topological polar surface area (TPSA) is 81.9 Å². The van der Waals surface area contributed by atoms with Gasteiger partial charge < -0.3 is 0 Å². The summed E-state index contributed by atoms with van der Waals surface area (Å²) in [6, 6.07) is 13.3. The molecule has 0 aliphatic carbocycles. The number of aromatic nitrogens is 3. The smallest absolute Gasteiger partial charge is 0.284 e. The van der Waals surface area contributed by atoms with Gasteiger partial charge in [-0.2, -0.15) is 8.42 Å². The minimum Gasteiger partial charge on any atom is -0.295 e. The molecule has 0 unspecified atom stereocenters. The summed E-state index contributed by atoms with van der Waals surface area (Å²) in [4.78, 5) is 11.4. The van der Waals surface area contributed by atoms with E-state index in [1.165, 1.54) is 25.3 Å². The summed E-state index contributed by atoms with van der Waals surface area (Å²) < 4.78 is 26.0. The summed E-state index contributed by atoms with van der Waals surface area (Å²) in [5.74, 6) is -0.0350. The van der Waals surface area contributed by atoms with Gasteiger partial charge in [-0.05, 0) is 26.0 Å². The maximum atomic E-state index is 12.5. The van der Waals surface area contributed by atoms with E-state index in [0.717, 1.165) is 9.65 Å². The van der Waals surface area contributed by atoms with Gasteiger partial charge in [-0.15, -0.1) is 9.19 Å². The van der Waals surface area contributed by atoms with Gasteiger partial charge in [0, 0.05) is 11.1 Å². The lowest BCUT2D eigenvalue weighted by Gasteiger charge is -2.03. The van der Waals surface area contributed by atoms with Gasteiger partial charge in [0.25, 0.3) is 10.0 Å². The Kier molecular flexibility index (Phi) is 4.02. The molecule has 0 fully saturated rings. The minimum absolute atomic E-state index is 0.0350. The molecule has 0 atom stereocenters. The first kappa shape index (κ1) is 16.1. The first-order valence-corrected chi connectivity index (χ1v) is 8.68. The molecular weight excluding hydrogens is 326 g/mol. The van der Waals surface area contributed by atoms with E-state index in [4.69, 9.17) is 0 Å². The Bertz CT molecular complexity index is 988. The summed E-state index contributed by atoms with van der Waals surface area (Å²) in [5.41, 5.74) is 2.66. The maximum Gasteiger partial charge on any atom is 0.284 e. The van der Waals surface area contributed by atoms with Crippen LogP contribution in [0.4, 0.5) is 0 Å². The van der Waals surface area contributed by atoms with Crippen molar-refractivity contribution in [2.45, 2.75) is 18.7 Å². The normalized spacial score (nSPS) is 11.4. The molecule has 0 saturated heterocycles. The van der Waals surface area contributed by atoms with Crippen molar-refractivity contribution in [2.24, 2.45) is 0 Å². The van der Waals surface area contributed by atoms with Gasteiger partial charge in [-0.3, -0.25) is 4.79 Å². The molecule has 6 nitrogen and oxygen atoms in total. The van der Waals surface area contributed by atoms with Gasteiger partial charge in [0.15, 0.2) is 5.78 Å².